The number of thiophene rings is 1. The first-order valence-corrected chi connectivity index (χ1v) is 10.3. The van der Waals surface area contributed by atoms with Gasteiger partial charge in [0.05, 0.1) is 5.56 Å². The Balaban J connectivity index is 1.41. The number of hydrogen-bond acceptors (Lipinski definition) is 3. The third kappa shape index (κ3) is 4.39. The number of fused-ring (bicyclic) bond motifs is 1. The van der Waals surface area contributed by atoms with E-state index in [9.17, 15) is 4.79 Å². The van der Waals surface area contributed by atoms with Crippen molar-refractivity contribution >= 4 is 29.0 Å². The Morgan fingerprint density at radius 1 is 1.22 bits per heavy atom. The lowest BCUT2D eigenvalue weighted by molar-refractivity contribution is 0.0955. The largest absolute Gasteiger partial charge is 0.351 e. The zero-order valence-electron chi connectivity index (χ0n) is 13.6. The second kappa shape index (κ2) is 8.02. The summed E-state index contributed by atoms with van der Waals surface area (Å²) in [5, 5.41) is 5.12. The summed E-state index contributed by atoms with van der Waals surface area (Å²) in [6.45, 7) is 2.84. The standard InChI is InChI=1S/C19H23NOS2/c1-14-6-8-15(9-7-14)12-22-11-10-20-19(21)17-13-23-18-5-3-2-4-16(17)18/h6-9,13H,2-5,10-12H2,1H3,(H,20,21). The molecule has 1 amide bonds. The van der Waals surface area contributed by atoms with Crippen molar-refractivity contribution in [2.24, 2.45) is 0 Å². The molecule has 3 rings (SSSR count). The zero-order chi connectivity index (χ0) is 16.1. The molecule has 0 saturated heterocycles. The number of hydrogen-bond donors (Lipinski definition) is 1. The van der Waals surface area contributed by atoms with Crippen LogP contribution in [0.2, 0.25) is 0 Å². The Labute approximate surface area is 146 Å². The highest BCUT2D eigenvalue weighted by atomic mass is 32.2. The average Bonchev–Trinajstić information content (AvgIpc) is 3.00. The molecule has 1 aliphatic carbocycles. The van der Waals surface area contributed by atoms with Gasteiger partial charge in [0.15, 0.2) is 0 Å². The minimum absolute atomic E-state index is 0.111. The van der Waals surface area contributed by atoms with Crippen LogP contribution in [0.1, 0.15) is 44.8 Å². The smallest absolute Gasteiger partial charge is 0.252 e. The molecule has 0 bridgehead atoms. The molecule has 0 spiro atoms. The fraction of sp³-hybridized carbons (Fsp3) is 0.421. The lowest BCUT2D eigenvalue weighted by atomic mass is 9.96. The monoisotopic (exact) mass is 345 g/mol. The fourth-order valence-corrected chi connectivity index (χ4v) is 4.84. The Morgan fingerprint density at radius 3 is 2.83 bits per heavy atom. The number of carbonyl (C=O) groups excluding carboxylic acids is 1. The number of nitrogens with one attached hydrogen (secondary N) is 1. The summed E-state index contributed by atoms with van der Waals surface area (Å²) in [7, 11) is 0. The van der Waals surface area contributed by atoms with E-state index >= 15 is 0 Å². The van der Waals surface area contributed by atoms with Crippen LogP contribution in [0.4, 0.5) is 0 Å². The lowest BCUT2D eigenvalue weighted by Gasteiger charge is -2.12. The van der Waals surface area contributed by atoms with E-state index in [0.29, 0.717) is 0 Å². The van der Waals surface area contributed by atoms with Gasteiger partial charge in [-0.2, -0.15) is 11.8 Å². The minimum Gasteiger partial charge on any atom is -0.351 e. The van der Waals surface area contributed by atoms with Crippen molar-refractivity contribution in [2.45, 2.75) is 38.4 Å². The van der Waals surface area contributed by atoms with E-state index in [-0.39, 0.29) is 5.91 Å². The fourth-order valence-electron chi connectivity index (χ4n) is 2.89. The van der Waals surface area contributed by atoms with E-state index < -0.39 is 0 Å². The first kappa shape index (κ1) is 16.6. The molecule has 0 aliphatic heterocycles. The number of aryl methyl sites for hydroxylation is 2. The molecule has 1 heterocycles. The van der Waals surface area contributed by atoms with Crippen LogP contribution in [0.25, 0.3) is 0 Å². The minimum atomic E-state index is 0.111. The van der Waals surface area contributed by atoms with Gasteiger partial charge in [0.2, 0.25) is 0 Å². The van der Waals surface area contributed by atoms with E-state index in [4.69, 9.17) is 0 Å². The van der Waals surface area contributed by atoms with Crippen LogP contribution in [-0.4, -0.2) is 18.2 Å². The average molecular weight is 346 g/mol. The molecule has 0 atom stereocenters. The highest BCUT2D eigenvalue weighted by Gasteiger charge is 2.19. The Hall–Kier alpha value is -1.26. The molecular formula is C19H23NOS2. The van der Waals surface area contributed by atoms with Crippen LogP contribution in [0, 0.1) is 6.92 Å². The summed E-state index contributed by atoms with van der Waals surface area (Å²) < 4.78 is 0. The summed E-state index contributed by atoms with van der Waals surface area (Å²) in [4.78, 5) is 13.8. The first-order valence-electron chi connectivity index (χ1n) is 8.25. The number of thioether (sulfide) groups is 1. The summed E-state index contributed by atoms with van der Waals surface area (Å²) in [6, 6.07) is 8.66. The van der Waals surface area contributed by atoms with E-state index in [1.54, 1.807) is 11.3 Å². The lowest BCUT2D eigenvalue weighted by Crippen LogP contribution is -2.26. The van der Waals surface area contributed by atoms with Crippen LogP contribution in [0.5, 0.6) is 0 Å². The summed E-state index contributed by atoms with van der Waals surface area (Å²) >= 11 is 3.62. The van der Waals surface area contributed by atoms with Gasteiger partial charge in [-0.05, 0) is 43.7 Å². The second-order valence-electron chi connectivity index (χ2n) is 6.05. The molecule has 4 heteroatoms. The van der Waals surface area contributed by atoms with Crippen LogP contribution < -0.4 is 5.32 Å². The van der Waals surface area contributed by atoms with Gasteiger partial charge in [-0.25, -0.2) is 0 Å². The molecule has 0 unspecified atom stereocenters. The Kier molecular flexibility index (Phi) is 5.79. The maximum absolute atomic E-state index is 12.3. The van der Waals surface area contributed by atoms with Gasteiger partial charge in [-0.3, -0.25) is 4.79 Å². The predicted molar refractivity (Wildman–Crippen MR) is 101 cm³/mol. The van der Waals surface area contributed by atoms with Crippen LogP contribution in [0.15, 0.2) is 29.6 Å². The summed E-state index contributed by atoms with van der Waals surface area (Å²) in [6.07, 6.45) is 4.71. The van der Waals surface area contributed by atoms with Crippen LogP contribution >= 0.6 is 23.1 Å². The number of carbonyl (C=O) groups is 1. The highest BCUT2D eigenvalue weighted by Crippen LogP contribution is 2.30. The van der Waals surface area contributed by atoms with Gasteiger partial charge >= 0.3 is 0 Å². The third-order valence-corrected chi connectivity index (χ3v) is 6.35. The molecule has 0 saturated carbocycles. The van der Waals surface area contributed by atoms with Crippen LogP contribution in [-0.2, 0) is 18.6 Å². The SMILES string of the molecule is Cc1ccc(CSCCNC(=O)c2csc3c2CCCC3)cc1. The molecule has 0 fully saturated rings. The maximum atomic E-state index is 12.3. The summed E-state index contributed by atoms with van der Waals surface area (Å²) in [5.41, 5.74) is 4.88. The van der Waals surface area contributed by atoms with E-state index in [1.807, 2.05) is 17.1 Å². The van der Waals surface area contributed by atoms with Crippen molar-refractivity contribution in [1.82, 2.24) is 5.32 Å². The van der Waals surface area contributed by atoms with Crippen molar-refractivity contribution in [3.05, 3.63) is 56.8 Å². The van der Waals surface area contributed by atoms with Gasteiger partial charge in [0.1, 0.15) is 0 Å². The van der Waals surface area contributed by atoms with Gasteiger partial charge in [-0.15, -0.1) is 11.3 Å². The molecular weight excluding hydrogens is 322 g/mol. The van der Waals surface area contributed by atoms with Gasteiger partial charge in [0.25, 0.3) is 5.91 Å². The van der Waals surface area contributed by atoms with E-state index in [0.717, 1.165) is 36.5 Å². The molecule has 2 aromatic rings. The molecule has 1 aromatic carbocycles. The molecule has 1 N–H and O–H groups in total. The third-order valence-electron chi connectivity index (χ3n) is 4.23. The summed E-state index contributed by atoms with van der Waals surface area (Å²) in [5.74, 6) is 2.07. The first-order chi connectivity index (χ1) is 11.2. The van der Waals surface area contributed by atoms with E-state index in [2.05, 4.69) is 36.5 Å². The Bertz CT molecular complexity index is 661. The van der Waals surface area contributed by atoms with Crippen molar-refractivity contribution in [1.29, 1.82) is 0 Å². The number of benzene rings is 1. The molecule has 122 valence electrons. The van der Waals surface area contributed by atoms with Crippen molar-refractivity contribution < 1.29 is 4.79 Å². The van der Waals surface area contributed by atoms with Crippen LogP contribution in [0.3, 0.4) is 0 Å². The molecule has 0 radical (unpaired) electrons. The maximum Gasteiger partial charge on any atom is 0.252 e. The number of rotatable bonds is 6. The van der Waals surface area contributed by atoms with Gasteiger partial charge in [-0.1, -0.05) is 29.8 Å². The molecule has 23 heavy (non-hydrogen) atoms. The Morgan fingerprint density at radius 2 is 2.00 bits per heavy atom. The van der Waals surface area contributed by atoms with E-state index in [1.165, 1.54) is 34.4 Å². The molecule has 1 aromatic heterocycles. The quantitative estimate of drug-likeness (QED) is 0.775. The molecule has 1 aliphatic rings. The predicted octanol–water partition coefficient (Wildman–Crippen LogP) is 4.60. The van der Waals surface area contributed by atoms with Crippen molar-refractivity contribution in [3.8, 4) is 0 Å². The molecule has 2 nitrogen and oxygen atoms in total. The van der Waals surface area contributed by atoms with Gasteiger partial charge in [0, 0.05) is 28.3 Å². The van der Waals surface area contributed by atoms with Crippen molar-refractivity contribution in [2.75, 3.05) is 12.3 Å². The second-order valence-corrected chi connectivity index (χ2v) is 8.12. The van der Waals surface area contributed by atoms with Crippen molar-refractivity contribution in [3.63, 3.8) is 0 Å². The topological polar surface area (TPSA) is 29.1 Å². The zero-order valence-corrected chi connectivity index (χ0v) is 15.2. The normalized spacial score (nSPS) is 13.6. The highest BCUT2D eigenvalue weighted by molar-refractivity contribution is 7.98. The number of amides is 1. The van der Waals surface area contributed by atoms with Gasteiger partial charge < -0.3 is 5.32 Å².